The van der Waals surface area contributed by atoms with Gasteiger partial charge in [-0.25, -0.2) is 4.79 Å². The molecule has 1 aromatic carbocycles. The average Bonchev–Trinajstić information content (AvgIpc) is 3.17. The Morgan fingerprint density at radius 1 is 1.24 bits per heavy atom. The topological polar surface area (TPSA) is 59.6 Å². The summed E-state index contributed by atoms with van der Waals surface area (Å²) in [5.41, 5.74) is 2.57. The minimum Gasteiger partial charge on any atom is -0.494 e. The van der Waals surface area contributed by atoms with Gasteiger partial charge < -0.3 is 20.1 Å². The van der Waals surface area contributed by atoms with Crippen LogP contribution >= 0.6 is 23.6 Å². The van der Waals surface area contributed by atoms with Gasteiger partial charge in [0, 0.05) is 10.6 Å². The van der Waals surface area contributed by atoms with Crippen LogP contribution in [-0.4, -0.2) is 24.8 Å². The summed E-state index contributed by atoms with van der Waals surface area (Å²) >= 11 is 6.97. The number of thiocarbonyl (C=S) groups is 1. The van der Waals surface area contributed by atoms with Gasteiger partial charge in [0.05, 0.1) is 19.3 Å². The lowest BCUT2D eigenvalue weighted by Gasteiger charge is -2.11. The second kappa shape index (κ2) is 7.84. The van der Waals surface area contributed by atoms with E-state index in [9.17, 15) is 4.79 Å². The highest BCUT2D eigenvalue weighted by Crippen LogP contribution is 2.39. The third-order valence-electron chi connectivity index (χ3n) is 3.96. The van der Waals surface area contributed by atoms with Crippen molar-refractivity contribution in [2.45, 2.75) is 26.2 Å². The van der Waals surface area contributed by atoms with Crippen LogP contribution in [0.3, 0.4) is 0 Å². The summed E-state index contributed by atoms with van der Waals surface area (Å²) in [5, 5.41) is 7.47. The number of aryl methyl sites for hydroxylation is 1. The van der Waals surface area contributed by atoms with E-state index in [1.54, 1.807) is 11.3 Å². The van der Waals surface area contributed by atoms with Crippen molar-refractivity contribution in [3.8, 4) is 5.75 Å². The van der Waals surface area contributed by atoms with Crippen molar-refractivity contribution in [3.63, 3.8) is 0 Å². The summed E-state index contributed by atoms with van der Waals surface area (Å²) in [4.78, 5) is 13.4. The lowest BCUT2D eigenvalue weighted by Crippen LogP contribution is -2.20. The maximum absolute atomic E-state index is 12.2. The van der Waals surface area contributed by atoms with Gasteiger partial charge >= 0.3 is 5.97 Å². The van der Waals surface area contributed by atoms with E-state index in [1.807, 2.05) is 31.2 Å². The molecule has 132 valence electrons. The third-order valence-corrected chi connectivity index (χ3v) is 5.37. The number of hydrogen-bond donors (Lipinski definition) is 2. The number of anilines is 2. The second-order valence-corrected chi connectivity index (χ2v) is 7.10. The molecule has 1 aliphatic carbocycles. The van der Waals surface area contributed by atoms with E-state index in [0.29, 0.717) is 17.3 Å². The fraction of sp³-hybridized carbons (Fsp3) is 0.333. The Labute approximate surface area is 156 Å². The summed E-state index contributed by atoms with van der Waals surface area (Å²) in [6.45, 7) is 2.58. The number of nitrogens with one attached hydrogen (secondary N) is 2. The van der Waals surface area contributed by atoms with E-state index in [2.05, 4.69) is 10.6 Å². The van der Waals surface area contributed by atoms with Gasteiger partial charge in [-0.3, -0.25) is 0 Å². The summed E-state index contributed by atoms with van der Waals surface area (Å²) in [5.74, 6) is 0.500. The summed E-state index contributed by atoms with van der Waals surface area (Å²) in [6.07, 6.45) is 3.00. The van der Waals surface area contributed by atoms with E-state index in [1.165, 1.54) is 12.0 Å². The molecule has 25 heavy (non-hydrogen) atoms. The molecule has 1 aliphatic rings. The van der Waals surface area contributed by atoms with E-state index in [0.717, 1.165) is 41.3 Å². The predicted molar refractivity (Wildman–Crippen MR) is 105 cm³/mol. The zero-order valence-corrected chi connectivity index (χ0v) is 15.8. The molecule has 1 aromatic heterocycles. The van der Waals surface area contributed by atoms with E-state index in [-0.39, 0.29) is 5.97 Å². The van der Waals surface area contributed by atoms with Crippen LogP contribution in [-0.2, 0) is 17.6 Å². The molecule has 0 amide bonds. The standard InChI is InChI=1S/C18H20N2O3S2/c1-3-23-12-9-7-11(8-10-12)19-18(24)20-16-15(17(21)22-2)13-5-4-6-14(13)25-16/h7-10H,3-6H2,1-2H3,(H2,19,20,24). The molecule has 7 heteroatoms. The molecule has 0 saturated carbocycles. The van der Waals surface area contributed by atoms with Crippen LogP contribution in [0.15, 0.2) is 24.3 Å². The molecule has 0 fully saturated rings. The van der Waals surface area contributed by atoms with Gasteiger partial charge in [-0.05, 0) is 68.2 Å². The molecule has 0 saturated heterocycles. The summed E-state index contributed by atoms with van der Waals surface area (Å²) < 4.78 is 10.4. The molecule has 0 atom stereocenters. The largest absolute Gasteiger partial charge is 0.494 e. The van der Waals surface area contributed by atoms with Crippen molar-refractivity contribution < 1.29 is 14.3 Å². The van der Waals surface area contributed by atoms with Crippen LogP contribution < -0.4 is 15.4 Å². The number of rotatable bonds is 5. The van der Waals surface area contributed by atoms with Gasteiger partial charge in [-0.2, -0.15) is 0 Å². The molecular formula is C18H20N2O3S2. The van der Waals surface area contributed by atoms with E-state index >= 15 is 0 Å². The predicted octanol–water partition coefficient (Wildman–Crippen LogP) is 4.23. The molecule has 0 aliphatic heterocycles. The maximum Gasteiger partial charge on any atom is 0.341 e. The number of carbonyl (C=O) groups excluding carboxylic acids is 1. The van der Waals surface area contributed by atoms with Crippen LogP contribution in [0.2, 0.25) is 0 Å². The van der Waals surface area contributed by atoms with Crippen molar-refractivity contribution in [1.29, 1.82) is 0 Å². The maximum atomic E-state index is 12.2. The Morgan fingerprint density at radius 3 is 2.68 bits per heavy atom. The van der Waals surface area contributed by atoms with E-state index in [4.69, 9.17) is 21.7 Å². The zero-order chi connectivity index (χ0) is 17.8. The van der Waals surface area contributed by atoms with Crippen LogP contribution in [0, 0.1) is 0 Å². The van der Waals surface area contributed by atoms with Crippen LogP contribution in [0.25, 0.3) is 0 Å². The molecule has 5 nitrogen and oxygen atoms in total. The van der Waals surface area contributed by atoms with Crippen molar-refractivity contribution in [2.24, 2.45) is 0 Å². The van der Waals surface area contributed by atoms with Gasteiger partial charge in [0.1, 0.15) is 10.8 Å². The lowest BCUT2D eigenvalue weighted by molar-refractivity contribution is 0.0601. The molecule has 0 bridgehead atoms. The minimum atomic E-state index is -0.314. The van der Waals surface area contributed by atoms with Gasteiger partial charge in [-0.1, -0.05) is 0 Å². The van der Waals surface area contributed by atoms with Crippen LogP contribution in [0.4, 0.5) is 10.7 Å². The Kier molecular flexibility index (Phi) is 5.55. The quantitative estimate of drug-likeness (QED) is 0.601. The first kappa shape index (κ1) is 17.7. The Hall–Kier alpha value is -2.12. The third kappa shape index (κ3) is 3.93. The molecule has 1 heterocycles. The van der Waals surface area contributed by atoms with Crippen LogP contribution in [0.5, 0.6) is 5.75 Å². The number of benzene rings is 1. The second-order valence-electron chi connectivity index (χ2n) is 5.59. The van der Waals surface area contributed by atoms with Crippen molar-refractivity contribution in [2.75, 3.05) is 24.4 Å². The summed E-state index contributed by atoms with van der Waals surface area (Å²) in [6, 6.07) is 7.56. The first-order valence-corrected chi connectivity index (χ1v) is 9.38. The normalized spacial score (nSPS) is 12.4. The number of hydrogen-bond acceptors (Lipinski definition) is 5. The fourth-order valence-electron chi connectivity index (χ4n) is 2.88. The average molecular weight is 377 g/mol. The molecule has 0 radical (unpaired) electrons. The van der Waals surface area contributed by atoms with E-state index < -0.39 is 0 Å². The molecule has 3 rings (SSSR count). The first-order chi connectivity index (χ1) is 12.1. The number of esters is 1. The SMILES string of the molecule is CCOc1ccc(NC(=S)Nc2sc3c(c2C(=O)OC)CCC3)cc1. The molecule has 0 unspecified atom stereocenters. The molecular weight excluding hydrogens is 356 g/mol. The molecule has 2 aromatic rings. The smallest absolute Gasteiger partial charge is 0.341 e. The number of thiophene rings is 1. The zero-order valence-electron chi connectivity index (χ0n) is 14.2. The Bertz CT molecular complexity index is 784. The monoisotopic (exact) mass is 376 g/mol. The van der Waals surface area contributed by atoms with Crippen molar-refractivity contribution in [3.05, 3.63) is 40.3 Å². The number of methoxy groups -OCH3 is 1. The van der Waals surface area contributed by atoms with Gasteiger partial charge in [0.25, 0.3) is 0 Å². The Morgan fingerprint density at radius 2 is 2.00 bits per heavy atom. The number of ether oxygens (including phenoxy) is 2. The van der Waals surface area contributed by atoms with Crippen LogP contribution in [0.1, 0.15) is 34.1 Å². The molecule has 0 spiro atoms. The van der Waals surface area contributed by atoms with Crippen molar-refractivity contribution in [1.82, 2.24) is 0 Å². The van der Waals surface area contributed by atoms with Gasteiger partial charge in [0.2, 0.25) is 0 Å². The fourth-order valence-corrected chi connectivity index (χ4v) is 4.44. The van der Waals surface area contributed by atoms with Gasteiger partial charge in [0.15, 0.2) is 5.11 Å². The molecule has 2 N–H and O–H groups in total. The van der Waals surface area contributed by atoms with Gasteiger partial charge in [-0.15, -0.1) is 11.3 Å². The minimum absolute atomic E-state index is 0.314. The Balaban J connectivity index is 1.72. The highest BCUT2D eigenvalue weighted by molar-refractivity contribution is 7.80. The highest BCUT2D eigenvalue weighted by atomic mass is 32.1. The lowest BCUT2D eigenvalue weighted by atomic mass is 10.1. The number of fused-ring (bicyclic) bond motifs is 1. The van der Waals surface area contributed by atoms with Crippen molar-refractivity contribution >= 4 is 45.3 Å². The summed E-state index contributed by atoms with van der Waals surface area (Å²) in [7, 11) is 1.40. The highest BCUT2D eigenvalue weighted by Gasteiger charge is 2.27. The first-order valence-electron chi connectivity index (χ1n) is 8.16. The number of carbonyl (C=O) groups is 1.